The van der Waals surface area contributed by atoms with E-state index in [1.807, 2.05) is 60.1 Å². The molecule has 1 aliphatic carbocycles. The molecule has 0 N–H and O–H groups in total. The van der Waals surface area contributed by atoms with E-state index in [1.165, 1.54) is 12.1 Å². The lowest BCUT2D eigenvalue weighted by Gasteiger charge is -2.48. The standard InChI is InChI=1S/C30H30N7O3P/c1-22-28-30(35(32-22)25-10-6-3-7-11-25)31-29(23-8-4-2-5-9-23)36(26-16-17-26)41(28,34-18-20-40-21-19-34)33-24-12-14-27(15-13-24)37(38)39/h2-15,26H,16-21H2,1H3/t41-/m1/s1. The van der Waals surface area contributed by atoms with Crippen LogP contribution in [-0.4, -0.2) is 62.2 Å². The van der Waals surface area contributed by atoms with Crippen LogP contribution in [0.2, 0.25) is 0 Å². The number of benzene rings is 3. The number of nitro groups is 1. The SMILES string of the molecule is Cc1nn(-c2ccccc2)c2c1[P@@](=Nc1ccc([N+](=O)[O-])cc1)(N1CCOCC1)N(C1CC1)C(c1ccccc1)=N2. The number of nitro benzene ring substituents is 1. The number of aliphatic imine (C=N–C) groups is 1. The lowest BCUT2D eigenvalue weighted by atomic mass is 10.2. The fourth-order valence-corrected chi connectivity index (χ4v) is 9.95. The Hall–Kier alpha value is -4.11. The molecule has 0 amide bonds. The third-order valence-electron chi connectivity index (χ3n) is 7.66. The molecule has 3 aromatic carbocycles. The predicted octanol–water partition coefficient (Wildman–Crippen LogP) is 5.97. The zero-order valence-electron chi connectivity index (χ0n) is 22.7. The molecule has 1 atom stereocenters. The number of amidine groups is 1. The first-order chi connectivity index (χ1) is 20.1. The zero-order chi connectivity index (χ0) is 28.0. The minimum Gasteiger partial charge on any atom is -0.379 e. The number of ether oxygens (including phenoxy) is 1. The van der Waals surface area contributed by atoms with Crippen molar-refractivity contribution in [2.45, 2.75) is 25.8 Å². The molecule has 0 spiro atoms. The van der Waals surface area contributed by atoms with E-state index < -0.39 is 7.36 Å². The molecule has 2 fully saturated rings. The van der Waals surface area contributed by atoms with E-state index in [-0.39, 0.29) is 16.7 Å². The summed E-state index contributed by atoms with van der Waals surface area (Å²) in [4.78, 5) is 16.4. The number of para-hydroxylation sites is 1. The number of rotatable bonds is 6. The lowest BCUT2D eigenvalue weighted by molar-refractivity contribution is -0.384. The maximum Gasteiger partial charge on any atom is 0.269 e. The van der Waals surface area contributed by atoms with Gasteiger partial charge < -0.3 is 9.41 Å². The summed E-state index contributed by atoms with van der Waals surface area (Å²) < 4.78 is 18.4. The van der Waals surface area contributed by atoms with Crippen LogP contribution in [0.3, 0.4) is 0 Å². The van der Waals surface area contributed by atoms with Crippen molar-refractivity contribution in [3.63, 3.8) is 0 Å². The molecule has 1 aromatic heterocycles. The van der Waals surface area contributed by atoms with Gasteiger partial charge in [0.2, 0.25) is 0 Å². The lowest BCUT2D eigenvalue weighted by Crippen LogP contribution is -2.47. The fraction of sp³-hybridized carbons (Fsp3) is 0.267. The minimum atomic E-state index is -2.75. The minimum absolute atomic E-state index is 0.0469. The molecule has 3 heterocycles. The second-order valence-corrected chi connectivity index (χ2v) is 13.2. The molecule has 11 heteroatoms. The summed E-state index contributed by atoms with van der Waals surface area (Å²) in [5.74, 6) is 1.68. The van der Waals surface area contributed by atoms with Crippen molar-refractivity contribution in [2.75, 3.05) is 26.3 Å². The van der Waals surface area contributed by atoms with Crippen LogP contribution < -0.4 is 5.30 Å². The molecule has 10 nitrogen and oxygen atoms in total. The van der Waals surface area contributed by atoms with Crippen LogP contribution in [0.15, 0.2) is 94.7 Å². The summed E-state index contributed by atoms with van der Waals surface area (Å²) >= 11 is 0. The van der Waals surface area contributed by atoms with E-state index in [2.05, 4.69) is 21.5 Å². The van der Waals surface area contributed by atoms with Gasteiger partial charge in [-0.3, -0.25) is 10.1 Å². The Morgan fingerprint density at radius 2 is 1.61 bits per heavy atom. The first-order valence-corrected chi connectivity index (χ1v) is 15.5. The van der Waals surface area contributed by atoms with Crippen molar-refractivity contribution in [1.82, 2.24) is 19.1 Å². The maximum absolute atomic E-state index is 11.4. The van der Waals surface area contributed by atoms with Crippen molar-refractivity contribution in [3.8, 4) is 5.69 Å². The van der Waals surface area contributed by atoms with Crippen LogP contribution in [0.1, 0.15) is 24.1 Å². The molecule has 3 aliphatic rings. The number of nitrogens with zero attached hydrogens (tertiary/aromatic N) is 7. The van der Waals surface area contributed by atoms with Gasteiger partial charge in [0.15, 0.2) is 13.2 Å². The highest BCUT2D eigenvalue weighted by Gasteiger charge is 2.51. The first-order valence-electron chi connectivity index (χ1n) is 13.9. The van der Waals surface area contributed by atoms with Crippen molar-refractivity contribution >= 4 is 35.7 Å². The van der Waals surface area contributed by atoms with E-state index in [1.54, 1.807) is 12.1 Å². The van der Waals surface area contributed by atoms with Crippen molar-refractivity contribution in [3.05, 3.63) is 106 Å². The largest absolute Gasteiger partial charge is 0.379 e. The topological polar surface area (TPSA) is 101 Å². The molecule has 1 saturated carbocycles. The molecule has 0 bridgehead atoms. The quantitative estimate of drug-likeness (QED) is 0.162. The van der Waals surface area contributed by atoms with Crippen LogP contribution in [0.25, 0.3) is 5.69 Å². The van der Waals surface area contributed by atoms with E-state index in [9.17, 15) is 10.1 Å². The van der Waals surface area contributed by atoms with Crippen LogP contribution in [0.4, 0.5) is 17.2 Å². The highest BCUT2D eigenvalue weighted by molar-refractivity contribution is 7.70. The number of hydrogen-bond acceptors (Lipinski definition) is 6. The predicted molar refractivity (Wildman–Crippen MR) is 160 cm³/mol. The molecule has 208 valence electrons. The van der Waals surface area contributed by atoms with Crippen LogP contribution >= 0.6 is 7.36 Å². The molecular formula is C30H30N7O3P. The molecule has 2 aliphatic heterocycles. The van der Waals surface area contributed by atoms with Gasteiger partial charge in [0.05, 0.1) is 40.5 Å². The number of aromatic nitrogens is 2. The second kappa shape index (κ2) is 10.4. The van der Waals surface area contributed by atoms with Crippen molar-refractivity contribution in [2.24, 2.45) is 9.74 Å². The zero-order valence-corrected chi connectivity index (χ0v) is 23.6. The summed E-state index contributed by atoms with van der Waals surface area (Å²) in [6.45, 7) is 4.69. The summed E-state index contributed by atoms with van der Waals surface area (Å²) in [6.07, 6.45) is 2.10. The number of morpholine rings is 1. The second-order valence-electron chi connectivity index (χ2n) is 10.4. The summed E-state index contributed by atoms with van der Waals surface area (Å²) in [7, 11) is -2.75. The average molecular weight is 568 g/mol. The Labute approximate surface area is 238 Å². The maximum atomic E-state index is 11.4. The Bertz CT molecular complexity index is 1680. The smallest absolute Gasteiger partial charge is 0.269 e. The molecule has 1 saturated heterocycles. The third-order valence-corrected chi connectivity index (χ3v) is 11.6. The number of non-ortho nitro benzene ring substituents is 1. The van der Waals surface area contributed by atoms with Crippen LogP contribution in [-0.2, 0) is 4.74 Å². The number of aryl methyl sites for hydroxylation is 1. The number of fused-ring (bicyclic) bond motifs is 1. The van der Waals surface area contributed by atoms with Gasteiger partial charge in [-0.15, -0.1) is 0 Å². The molecule has 0 unspecified atom stereocenters. The first kappa shape index (κ1) is 25.8. The molecule has 4 aromatic rings. The highest BCUT2D eigenvalue weighted by atomic mass is 31.2. The Kier molecular flexibility index (Phi) is 6.54. The van der Waals surface area contributed by atoms with E-state index in [4.69, 9.17) is 19.6 Å². The Morgan fingerprint density at radius 3 is 2.24 bits per heavy atom. The molecule has 41 heavy (non-hydrogen) atoms. The van der Waals surface area contributed by atoms with Gasteiger partial charge in [0.25, 0.3) is 5.69 Å². The van der Waals surface area contributed by atoms with Gasteiger partial charge in [-0.25, -0.2) is 19.1 Å². The summed E-state index contributed by atoms with van der Waals surface area (Å²) in [5.41, 5.74) is 3.60. The summed E-state index contributed by atoms with van der Waals surface area (Å²) in [5, 5.41) is 17.5. The average Bonchev–Trinajstić information content (AvgIpc) is 3.80. The van der Waals surface area contributed by atoms with E-state index >= 15 is 0 Å². The van der Waals surface area contributed by atoms with Gasteiger partial charge in [-0.05, 0) is 44.0 Å². The highest BCUT2D eigenvalue weighted by Crippen LogP contribution is 2.65. The van der Waals surface area contributed by atoms with Gasteiger partial charge in [0.1, 0.15) is 5.84 Å². The Morgan fingerprint density at radius 1 is 0.951 bits per heavy atom. The van der Waals surface area contributed by atoms with Crippen LogP contribution in [0.5, 0.6) is 0 Å². The van der Waals surface area contributed by atoms with Crippen LogP contribution in [0, 0.1) is 17.0 Å². The molecule has 7 rings (SSSR count). The van der Waals surface area contributed by atoms with Crippen molar-refractivity contribution < 1.29 is 9.66 Å². The normalized spacial score (nSPS) is 20.8. The van der Waals surface area contributed by atoms with Gasteiger partial charge in [-0.2, -0.15) is 5.10 Å². The van der Waals surface area contributed by atoms with Gasteiger partial charge in [0, 0.05) is 36.8 Å². The summed E-state index contributed by atoms with van der Waals surface area (Å²) in [6, 6.07) is 27.3. The fourth-order valence-electron chi connectivity index (χ4n) is 5.68. The van der Waals surface area contributed by atoms with Crippen molar-refractivity contribution in [1.29, 1.82) is 0 Å². The third kappa shape index (κ3) is 4.48. The van der Waals surface area contributed by atoms with Gasteiger partial charge in [-0.1, -0.05) is 48.5 Å². The molecule has 0 radical (unpaired) electrons. The number of hydrogen-bond donors (Lipinski definition) is 0. The van der Waals surface area contributed by atoms with E-state index in [0.717, 1.165) is 46.7 Å². The monoisotopic (exact) mass is 567 g/mol. The van der Waals surface area contributed by atoms with E-state index in [0.29, 0.717) is 32.0 Å². The molecular weight excluding hydrogens is 537 g/mol. The Balaban J connectivity index is 1.57. The van der Waals surface area contributed by atoms with Gasteiger partial charge >= 0.3 is 0 Å².